The van der Waals surface area contributed by atoms with E-state index >= 15 is 0 Å². The molecule has 0 saturated carbocycles. The minimum absolute atomic E-state index is 0.293. The summed E-state index contributed by atoms with van der Waals surface area (Å²) in [5, 5.41) is 0.904. The van der Waals surface area contributed by atoms with Crippen LogP contribution < -0.4 is 4.90 Å². The first-order valence-corrected chi connectivity index (χ1v) is 7.78. The maximum absolute atomic E-state index is 11.6. The number of carbonyl (C=O) groups excluding carboxylic acids is 1. The third-order valence-corrected chi connectivity index (χ3v) is 5.10. The van der Waals surface area contributed by atoms with Gasteiger partial charge < -0.3 is 14.5 Å². The molecule has 0 bridgehead atoms. The predicted molar refractivity (Wildman–Crippen MR) is 81.7 cm³/mol. The Labute approximate surface area is 124 Å². The molecule has 2 rings (SSSR count). The predicted octanol–water partition coefficient (Wildman–Crippen LogP) is 2.02. The van der Waals surface area contributed by atoms with E-state index in [1.54, 1.807) is 0 Å². The third-order valence-electron chi connectivity index (χ3n) is 3.85. The highest BCUT2D eigenvalue weighted by molar-refractivity contribution is 7.17. The van der Waals surface area contributed by atoms with Gasteiger partial charge in [0.05, 0.1) is 12.8 Å². The maximum Gasteiger partial charge on any atom is 0.350 e. The molecular weight excluding hydrogens is 274 g/mol. The normalized spacial score (nSPS) is 17.2. The minimum Gasteiger partial charge on any atom is -0.465 e. The number of likely N-dealkylation sites (tertiary alicyclic amines) is 1. The lowest BCUT2D eigenvalue weighted by molar-refractivity contribution is 0.0605. The fourth-order valence-electron chi connectivity index (χ4n) is 2.54. The lowest BCUT2D eigenvalue weighted by atomic mass is 9.97. The second-order valence-corrected chi connectivity index (χ2v) is 6.51. The van der Waals surface area contributed by atoms with E-state index in [1.807, 2.05) is 6.92 Å². The van der Waals surface area contributed by atoms with E-state index in [2.05, 4.69) is 28.9 Å². The Balaban J connectivity index is 1.99. The number of carbonyl (C=O) groups is 1. The number of hydrogen-bond donors (Lipinski definition) is 0. The van der Waals surface area contributed by atoms with Crippen LogP contribution in [0, 0.1) is 12.8 Å². The average Bonchev–Trinajstić information content (AvgIpc) is 2.82. The van der Waals surface area contributed by atoms with E-state index in [-0.39, 0.29) is 5.97 Å². The number of hydrogen-bond acceptors (Lipinski definition) is 6. The molecule has 5 nitrogen and oxygen atoms in total. The highest BCUT2D eigenvalue weighted by atomic mass is 32.1. The second-order valence-electron chi connectivity index (χ2n) is 5.53. The van der Waals surface area contributed by atoms with E-state index in [1.165, 1.54) is 44.4 Å². The molecule has 0 spiro atoms. The van der Waals surface area contributed by atoms with Crippen molar-refractivity contribution in [1.29, 1.82) is 0 Å². The number of aryl methyl sites for hydroxylation is 1. The molecule has 1 fully saturated rings. The van der Waals surface area contributed by atoms with E-state index < -0.39 is 0 Å². The molecule has 6 heteroatoms. The van der Waals surface area contributed by atoms with E-state index in [9.17, 15) is 4.79 Å². The number of piperidine rings is 1. The molecule has 112 valence electrons. The smallest absolute Gasteiger partial charge is 0.350 e. The summed E-state index contributed by atoms with van der Waals surface area (Å²) in [6.07, 6.45) is 2.46. The molecule has 2 heterocycles. The summed E-state index contributed by atoms with van der Waals surface area (Å²) in [4.78, 5) is 21.3. The van der Waals surface area contributed by atoms with Crippen LogP contribution >= 0.6 is 11.3 Å². The van der Waals surface area contributed by atoms with Crippen molar-refractivity contribution >= 4 is 22.4 Å². The second kappa shape index (κ2) is 6.54. The summed E-state index contributed by atoms with van der Waals surface area (Å²) in [5.41, 5.74) is 0.757. The highest BCUT2D eigenvalue weighted by Crippen LogP contribution is 2.27. The van der Waals surface area contributed by atoms with E-state index in [0.29, 0.717) is 10.8 Å². The number of thiazole rings is 1. The zero-order chi connectivity index (χ0) is 14.7. The maximum atomic E-state index is 11.6. The van der Waals surface area contributed by atoms with Crippen LogP contribution in [0.25, 0.3) is 0 Å². The highest BCUT2D eigenvalue weighted by Gasteiger charge is 2.21. The third kappa shape index (κ3) is 3.49. The summed E-state index contributed by atoms with van der Waals surface area (Å²) in [6, 6.07) is 0. The number of aromatic nitrogens is 1. The van der Waals surface area contributed by atoms with Gasteiger partial charge in [-0.25, -0.2) is 9.78 Å². The van der Waals surface area contributed by atoms with Gasteiger partial charge in [0, 0.05) is 13.6 Å². The van der Waals surface area contributed by atoms with Gasteiger partial charge in [0.15, 0.2) is 5.13 Å². The molecule has 0 N–H and O–H groups in total. The Morgan fingerprint density at radius 2 is 2.15 bits per heavy atom. The van der Waals surface area contributed by atoms with Gasteiger partial charge in [-0.1, -0.05) is 11.3 Å². The van der Waals surface area contributed by atoms with Gasteiger partial charge in [0.2, 0.25) is 0 Å². The van der Waals surface area contributed by atoms with Crippen LogP contribution in [-0.4, -0.2) is 56.7 Å². The number of rotatable bonds is 4. The van der Waals surface area contributed by atoms with Crippen molar-refractivity contribution in [2.45, 2.75) is 19.8 Å². The molecular formula is C14H23N3O2S. The molecule has 0 amide bonds. The summed E-state index contributed by atoms with van der Waals surface area (Å²) in [5.74, 6) is 0.418. The lowest BCUT2D eigenvalue weighted by Crippen LogP contribution is -2.35. The van der Waals surface area contributed by atoms with Gasteiger partial charge in [-0.15, -0.1) is 0 Å². The van der Waals surface area contributed by atoms with Crippen LogP contribution in [0.3, 0.4) is 0 Å². The van der Waals surface area contributed by atoms with Crippen molar-refractivity contribution in [3.05, 3.63) is 10.6 Å². The zero-order valence-corrected chi connectivity index (χ0v) is 13.5. The van der Waals surface area contributed by atoms with Gasteiger partial charge in [0.25, 0.3) is 0 Å². The molecule has 0 atom stereocenters. The average molecular weight is 297 g/mol. The summed E-state index contributed by atoms with van der Waals surface area (Å²) >= 11 is 1.42. The van der Waals surface area contributed by atoms with Crippen LogP contribution in [0.15, 0.2) is 0 Å². The largest absolute Gasteiger partial charge is 0.465 e. The molecule has 1 aliphatic heterocycles. The molecule has 1 aromatic rings. The number of methoxy groups -OCH3 is 1. The van der Waals surface area contributed by atoms with Crippen molar-refractivity contribution in [3.63, 3.8) is 0 Å². The minimum atomic E-state index is -0.293. The number of ether oxygens (including phenoxy) is 1. The van der Waals surface area contributed by atoms with Crippen LogP contribution in [-0.2, 0) is 4.74 Å². The first-order valence-electron chi connectivity index (χ1n) is 6.96. The summed E-state index contributed by atoms with van der Waals surface area (Å²) in [7, 11) is 5.63. The van der Waals surface area contributed by atoms with Gasteiger partial charge in [-0.3, -0.25) is 0 Å². The van der Waals surface area contributed by atoms with Crippen molar-refractivity contribution in [2.24, 2.45) is 5.92 Å². The number of anilines is 1. The van der Waals surface area contributed by atoms with Crippen molar-refractivity contribution in [3.8, 4) is 0 Å². The van der Waals surface area contributed by atoms with E-state index in [0.717, 1.165) is 17.4 Å². The van der Waals surface area contributed by atoms with Gasteiger partial charge >= 0.3 is 5.97 Å². The van der Waals surface area contributed by atoms with Crippen LogP contribution in [0.2, 0.25) is 0 Å². The Kier molecular flexibility index (Phi) is 4.99. The first-order chi connectivity index (χ1) is 9.51. The molecule has 1 saturated heterocycles. The summed E-state index contributed by atoms with van der Waals surface area (Å²) < 4.78 is 4.78. The molecule has 0 aromatic carbocycles. The van der Waals surface area contributed by atoms with Gasteiger partial charge in [-0.05, 0) is 45.8 Å². The topological polar surface area (TPSA) is 45.7 Å². The quantitative estimate of drug-likeness (QED) is 0.796. The molecule has 1 aliphatic rings. The monoisotopic (exact) mass is 297 g/mol. The van der Waals surface area contributed by atoms with Gasteiger partial charge in [0.1, 0.15) is 4.88 Å². The van der Waals surface area contributed by atoms with Crippen molar-refractivity contribution < 1.29 is 9.53 Å². The Hall–Kier alpha value is -1.14. The lowest BCUT2D eigenvalue weighted by Gasteiger charge is -2.31. The molecule has 20 heavy (non-hydrogen) atoms. The van der Waals surface area contributed by atoms with Crippen molar-refractivity contribution in [1.82, 2.24) is 9.88 Å². The fraction of sp³-hybridized carbons (Fsp3) is 0.714. The fourth-order valence-corrected chi connectivity index (χ4v) is 3.49. The zero-order valence-electron chi connectivity index (χ0n) is 12.7. The van der Waals surface area contributed by atoms with Crippen LogP contribution in [0.5, 0.6) is 0 Å². The SMILES string of the molecule is COC(=O)c1sc(N(C)CC2CCN(C)CC2)nc1C. The molecule has 0 aliphatic carbocycles. The van der Waals surface area contributed by atoms with Gasteiger partial charge in [-0.2, -0.15) is 0 Å². The van der Waals surface area contributed by atoms with Crippen molar-refractivity contribution in [2.75, 3.05) is 45.7 Å². The number of nitrogens with zero attached hydrogens (tertiary/aromatic N) is 3. The Morgan fingerprint density at radius 3 is 2.75 bits per heavy atom. The summed E-state index contributed by atoms with van der Waals surface area (Å²) in [6.45, 7) is 5.20. The molecule has 0 radical (unpaired) electrons. The van der Waals surface area contributed by atoms with E-state index in [4.69, 9.17) is 4.74 Å². The Bertz CT molecular complexity index is 467. The molecule has 0 unspecified atom stereocenters. The molecule has 1 aromatic heterocycles. The first kappa shape index (κ1) is 15.3. The van der Waals surface area contributed by atoms with Crippen LogP contribution in [0.4, 0.5) is 5.13 Å². The Morgan fingerprint density at radius 1 is 1.50 bits per heavy atom. The van der Waals surface area contributed by atoms with Crippen LogP contribution in [0.1, 0.15) is 28.2 Å². The standard InChI is InChI=1S/C14H23N3O2S/c1-10-12(13(18)19-4)20-14(15-10)17(3)9-11-5-7-16(2)8-6-11/h11H,5-9H2,1-4H3. The number of esters is 1.